The Balaban J connectivity index is 1.72. The first kappa shape index (κ1) is 16.8. The zero-order valence-corrected chi connectivity index (χ0v) is 14.2. The topological polar surface area (TPSA) is 54.9 Å². The van der Waals surface area contributed by atoms with Crippen molar-refractivity contribution in [2.45, 2.75) is 25.4 Å². The van der Waals surface area contributed by atoms with Gasteiger partial charge in [0.1, 0.15) is 0 Å². The fourth-order valence-electron chi connectivity index (χ4n) is 1.94. The van der Waals surface area contributed by atoms with Crippen LogP contribution in [0.4, 0.5) is 0 Å². The Morgan fingerprint density at radius 1 is 1.18 bits per heavy atom. The van der Waals surface area contributed by atoms with E-state index in [4.69, 9.17) is 11.6 Å². The molecular formula is C16H18ClN3OS. The van der Waals surface area contributed by atoms with E-state index in [2.05, 4.69) is 15.3 Å². The third-order valence-corrected chi connectivity index (χ3v) is 4.04. The Morgan fingerprint density at radius 3 is 2.45 bits per heavy atom. The molecular weight excluding hydrogens is 318 g/mol. The number of benzene rings is 1. The van der Waals surface area contributed by atoms with E-state index >= 15 is 0 Å². The van der Waals surface area contributed by atoms with Crippen LogP contribution in [0.1, 0.15) is 17.0 Å². The fourth-order valence-corrected chi connectivity index (χ4v) is 2.84. The monoisotopic (exact) mass is 335 g/mol. The van der Waals surface area contributed by atoms with Gasteiger partial charge in [-0.25, -0.2) is 9.97 Å². The van der Waals surface area contributed by atoms with Crippen LogP contribution in [-0.4, -0.2) is 28.2 Å². The van der Waals surface area contributed by atoms with E-state index in [-0.39, 0.29) is 5.91 Å². The number of carbonyl (C=O) groups excluding carboxylic acids is 1. The maximum absolute atomic E-state index is 11.8. The Kier molecular flexibility index (Phi) is 6.21. The second-order valence-corrected chi connectivity index (χ2v) is 6.33. The van der Waals surface area contributed by atoms with E-state index in [0.717, 1.165) is 28.4 Å². The van der Waals surface area contributed by atoms with Gasteiger partial charge in [-0.1, -0.05) is 35.5 Å². The second-order valence-electron chi connectivity index (χ2n) is 4.95. The maximum Gasteiger partial charge on any atom is 0.230 e. The molecule has 1 aromatic carbocycles. The third-order valence-electron chi connectivity index (χ3n) is 2.94. The molecule has 116 valence electrons. The van der Waals surface area contributed by atoms with E-state index in [1.165, 1.54) is 11.8 Å². The molecule has 0 spiro atoms. The number of amides is 1. The molecule has 4 nitrogen and oxygen atoms in total. The van der Waals surface area contributed by atoms with Gasteiger partial charge in [-0.15, -0.1) is 0 Å². The van der Waals surface area contributed by atoms with E-state index < -0.39 is 0 Å². The van der Waals surface area contributed by atoms with Gasteiger partial charge in [0.05, 0.1) is 5.75 Å². The fraction of sp³-hybridized carbons (Fsp3) is 0.312. The lowest BCUT2D eigenvalue weighted by atomic mass is 10.1. The first-order valence-corrected chi connectivity index (χ1v) is 8.35. The number of nitrogens with one attached hydrogen (secondary N) is 1. The smallest absolute Gasteiger partial charge is 0.230 e. The Bertz CT molecular complexity index is 626. The molecule has 2 aromatic rings. The zero-order valence-electron chi connectivity index (χ0n) is 12.6. The van der Waals surface area contributed by atoms with Gasteiger partial charge in [0.25, 0.3) is 0 Å². The van der Waals surface area contributed by atoms with Crippen LogP contribution in [0.25, 0.3) is 0 Å². The zero-order chi connectivity index (χ0) is 15.9. The lowest BCUT2D eigenvalue weighted by Crippen LogP contribution is -2.27. The highest BCUT2D eigenvalue weighted by Crippen LogP contribution is 2.13. The Morgan fingerprint density at radius 2 is 1.82 bits per heavy atom. The summed E-state index contributed by atoms with van der Waals surface area (Å²) in [5, 5.41) is 4.26. The van der Waals surface area contributed by atoms with Gasteiger partial charge in [-0.05, 0) is 44.0 Å². The van der Waals surface area contributed by atoms with Gasteiger partial charge in [-0.2, -0.15) is 0 Å². The van der Waals surface area contributed by atoms with Crippen LogP contribution in [0.2, 0.25) is 5.02 Å². The van der Waals surface area contributed by atoms with Crippen molar-refractivity contribution in [2.75, 3.05) is 12.3 Å². The lowest BCUT2D eigenvalue weighted by molar-refractivity contribution is -0.118. The van der Waals surface area contributed by atoms with E-state index in [0.29, 0.717) is 17.5 Å². The maximum atomic E-state index is 11.8. The average molecular weight is 336 g/mol. The molecule has 22 heavy (non-hydrogen) atoms. The number of nitrogens with zero attached hydrogens (tertiary/aromatic N) is 2. The minimum atomic E-state index is -0.0123. The number of halogens is 1. The van der Waals surface area contributed by atoms with Crippen molar-refractivity contribution < 1.29 is 4.79 Å². The SMILES string of the molecule is Cc1cc(C)nc(SCC(=O)NCCc2ccc(Cl)cc2)n1. The van der Waals surface area contributed by atoms with Crippen molar-refractivity contribution in [2.24, 2.45) is 0 Å². The summed E-state index contributed by atoms with van der Waals surface area (Å²) in [4.78, 5) is 20.4. The third kappa shape index (κ3) is 5.66. The molecule has 0 aliphatic carbocycles. The predicted octanol–water partition coefficient (Wildman–Crippen LogP) is 3.20. The van der Waals surface area contributed by atoms with Crippen molar-refractivity contribution in [1.29, 1.82) is 0 Å². The van der Waals surface area contributed by atoms with Crippen molar-refractivity contribution in [3.05, 3.63) is 52.3 Å². The van der Waals surface area contributed by atoms with Crippen LogP contribution < -0.4 is 5.32 Å². The summed E-state index contributed by atoms with van der Waals surface area (Å²) in [6.45, 7) is 4.45. The van der Waals surface area contributed by atoms with Crippen molar-refractivity contribution >= 4 is 29.3 Å². The lowest BCUT2D eigenvalue weighted by Gasteiger charge is -2.06. The number of hydrogen-bond donors (Lipinski definition) is 1. The Hall–Kier alpha value is -1.59. The molecule has 0 unspecified atom stereocenters. The van der Waals surface area contributed by atoms with Crippen molar-refractivity contribution in [1.82, 2.24) is 15.3 Å². The molecule has 1 amide bonds. The highest BCUT2D eigenvalue weighted by molar-refractivity contribution is 7.99. The molecule has 0 radical (unpaired) electrons. The van der Waals surface area contributed by atoms with E-state index in [1.54, 1.807) is 0 Å². The molecule has 1 aromatic heterocycles. The van der Waals surface area contributed by atoms with Gasteiger partial charge >= 0.3 is 0 Å². The van der Waals surface area contributed by atoms with Crippen LogP contribution in [0.3, 0.4) is 0 Å². The van der Waals surface area contributed by atoms with Gasteiger partial charge in [0.15, 0.2) is 5.16 Å². The molecule has 0 aliphatic rings. The van der Waals surface area contributed by atoms with Crippen LogP contribution in [-0.2, 0) is 11.2 Å². The number of aryl methyl sites for hydroxylation is 2. The van der Waals surface area contributed by atoms with Crippen LogP contribution >= 0.6 is 23.4 Å². The molecule has 2 rings (SSSR count). The second kappa shape index (κ2) is 8.15. The highest BCUT2D eigenvalue weighted by Gasteiger charge is 2.05. The molecule has 0 fully saturated rings. The largest absolute Gasteiger partial charge is 0.355 e. The number of rotatable bonds is 6. The van der Waals surface area contributed by atoms with Gasteiger partial charge in [0, 0.05) is 23.0 Å². The number of thioether (sulfide) groups is 1. The average Bonchev–Trinajstić information content (AvgIpc) is 2.46. The summed E-state index contributed by atoms with van der Waals surface area (Å²) in [5.74, 6) is 0.311. The minimum absolute atomic E-state index is 0.0123. The van der Waals surface area contributed by atoms with Gasteiger partial charge in [0.2, 0.25) is 5.91 Å². The number of carbonyl (C=O) groups is 1. The quantitative estimate of drug-likeness (QED) is 0.650. The number of hydrogen-bond acceptors (Lipinski definition) is 4. The van der Waals surface area contributed by atoms with Crippen LogP contribution in [0.15, 0.2) is 35.5 Å². The molecule has 0 atom stereocenters. The van der Waals surface area contributed by atoms with Crippen molar-refractivity contribution in [3.63, 3.8) is 0 Å². The van der Waals surface area contributed by atoms with Crippen molar-refractivity contribution in [3.8, 4) is 0 Å². The van der Waals surface area contributed by atoms with E-state index in [1.807, 2.05) is 44.2 Å². The van der Waals surface area contributed by atoms with Gasteiger partial charge < -0.3 is 5.32 Å². The molecule has 1 heterocycles. The molecule has 0 saturated carbocycles. The summed E-state index contributed by atoms with van der Waals surface area (Å²) in [6, 6.07) is 9.55. The first-order valence-electron chi connectivity index (χ1n) is 6.99. The summed E-state index contributed by atoms with van der Waals surface area (Å²) < 4.78 is 0. The summed E-state index contributed by atoms with van der Waals surface area (Å²) in [6.07, 6.45) is 0.785. The Labute approximate surface area is 139 Å². The van der Waals surface area contributed by atoms with Crippen LogP contribution in [0, 0.1) is 13.8 Å². The van der Waals surface area contributed by atoms with Gasteiger partial charge in [-0.3, -0.25) is 4.79 Å². The standard InChI is InChI=1S/C16H18ClN3OS/c1-11-9-12(2)20-16(19-11)22-10-15(21)18-8-7-13-3-5-14(17)6-4-13/h3-6,9H,7-8,10H2,1-2H3,(H,18,21). The summed E-state index contributed by atoms with van der Waals surface area (Å²) >= 11 is 7.19. The normalized spacial score (nSPS) is 10.5. The molecule has 0 saturated heterocycles. The molecule has 0 aliphatic heterocycles. The summed E-state index contributed by atoms with van der Waals surface area (Å²) in [7, 11) is 0. The van der Waals surface area contributed by atoms with Crippen LogP contribution in [0.5, 0.6) is 0 Å². The number of aromatic nitrogens is 2. The highest BCUT2D eigenvalue weighted by atomic mass is 35.5. The minimum Gasteiger partial charge on any atom is -0.355 e. The predicted molar refractivity (Wildman–Crippen MR) is 90.4 cm³/mol. The molecule has 1 N–H and O–H groups in total. The summed E-state index contributed by atoms with van der Waals surface area (Å²) in [5.41, 5.74) is 2.98. The first-order chi connectivity index (χ1) is 10.5. The molecule has 6 heteroatoms. The van der Waals surface area contributed by atoms with E-state index in [9.17, 15) is 4.79 Å². The molecule has 0 bridgehead atoms.